The molecule has 208 valence electrons. The predicted octanol–water partition coefficient (Wildman–Crippen LogP) is 9.01. The Labute approximate surface area is 257 Å². The van der Waals surface area contributed by atoms with Crippen LogP contribution < -0.4 is 19.5 Å². The first-order valence-corrected chi connectivity index (χ1v) is 13.6. The van der Waals surface area contributed by atoms with Crippen molar-refractivity contribution in [1.29, 1.82) is 5.26 Å². The zero-order valence-electron chi connectivity index (χ0n) is 21.6. The van der Waals surface area contributed by atoms with E-state index in [0.717, 1.165) is 5.56 Å². The van der Waals surface area contributed by atoms with E-state index in [2.05, 4.69) is 5.32 Å². The number of carbonyl (C=O) groups excluding carboxylic acids is 1. The number of ether oxygens (including phenoxy) is 3. The lowest BCUT2D eigenvalue weighted by Gasteiger charge is -2.14. The summed E-state index contributed by atoms with van der Waals surface area (Å²) in [6.45, 7) is 0.425. The van der Waals surface area contributed by atoms with Gasteiger partial charge in [0.1, 0.15) is 30.6 Å². The second-order valence-corrected chi connectivity index (χ2v) is 10.2. The van der Waals surface area contributed by atoms with E-state index < -0.39 is 5.91 Å². The van der Waals surface area contributed by atoms with Crippen LogP contribution in [-0.2, 0) is 18.0 Å². The molecule has 0 spiro atoms. The first kappa shape index (κ1) is 30.1. The zero-order valence-corrected chi connectivity index (χ0v) is 24.6. The molecule has 0 atom stereocenters. The summed E-state index contributed by atoms with van der Waals surface area (Å²) < 4.78 is 17.1. The maximum Gasteiger partial charge on any atom is 0.266 e. The van der Waals surface area contributed by atoms with E-state index >= 15 is 0 Å². The Balaban J connectivity index is 1.43. The fourth-order valence-electron chi connectivity index (χ4n) is 3.68. The van der Waals surface area contributed by atoms with Crippen LogP contribution in [0.25, 0.3) is 6.08 Å². The molecule has 0 radical (unpaired) electrons. The highest BCUT2D eigenvalue weighted by Crippen LogP contribution is 2.38. The summed E-state index contributed by atoms with van der Waals surface area (Å²) in [5.41, 5.74) is 2.39. The number of benzene rings is 4. The lowest BCUT2D eigenvalue weighted by Crippen LogP contribution is -2.13. The number of amides is 1. The second kappa shape index (κ2) is 14.2. The maximum atomic E-state index is 12.8. The summed E-state index contributed by atoms with van der Waals surface area (Å²) >= 11 is 24.8. The van der Waals surface area contributed by atoms with Gasteiger partial charge in [-0.1, -0.05) is 70.7 Å². The van der Waals surface area contributed by atoms with Gasteiger partial charge in [-0.3, -0.25) is 4.79 Å². The molecule has 0 aliphatic rings. The molecule has 0 bridgehead atoms. The second-order valence-electron chi connectivity index (χ2n) is 8.59. The normalized spacial score (nSPS) is 11.0. The molecule has 0 saturated carbocycles. The first-order valence-electron chi connectivity index (χ1n) is 12.1. The summed E-state index contributed by atoms with van der Waals surface area (Å²) in [4.78, 5) is 12.8. The fourth-order valence-corrected chi connectivity index (χ4v) is 4.60. The van der Waals surface area contributed by atoms with Crippen LogP contribution in [0.1, 0.15) is 16.7 Å². The van der Waals surface area contributed by atoms with Crippen LogP contribution in [0.4, 0.5) is 5.69 Å². The molecular formula is C31H22Cl4N2O4. The molecule has 0 heterocycles. The van der Waals surface area contributed by atoms with Crippen molar-refractivity contribution in [2.45, 2.75) is 13.2 Å². The van der Waals surface area contributed by atoms with E-state index in [0.29, 0.717) is 50.0 Å². The molecule has 0 saturated heterocycles. The number of halogens is 4. The van der Waals surface area contributed by atoms with E-state index in [9.17, 15) is 10.1 Å². The number of carbonyl (C=O) groups is 1. The van der Waals surface area contributed by atoms with E-state index in [-0.39, 0.29) is 23.0 Å². The third-order valence-electron chi connectivity index (χ3n) is 5.78. The van der Waals surface area contributed by atoms with Gasteiger partial charge in [-0.25, -0.2) is 0 Å². The first-order chi connectivity index (χ1) is 19.8. The van der Waals surface area contributed by atoms with Gasteiger partial charge >= 0.3 is 0 Å². The van der Waals surface area contributed by atoms with Crippen molar-refractivity contribution in [2.75, 3.05) is 12.4 Å². The topological polar surface area (TPSA) is 80.6 Å². The van der Waals surface area contributed by atoms with Crippen molar-refractivity contribution < 1.29 is 19.0 Å². The minimum Gasteiger partial charge on any atom is -0.493 e. The third kappa shape index (κ3) is 8.09. The van der Waals surface area contributed by atoms with Crippen molar-refractivity contribution >= 4 is 64.1 Å². The fraction of sp³-hybridized carbons (Fsp3) is 0.0968. The van der Waals surface area contributed by atoms with E-state index in [1.807, 2.05) is 24.3 Å². The molecule has 0 aromatic heterocycles. The van der Waals surface area contributed by atoms with Crippen molar-refractivity contribution in [3.63, 3.8) is 0 Å². The van der Waals surface area contributed by atoms with Gasteiger partial charge < -0.3 is 19.5 Å². The molecule has 4 aromatic carbocycles. The molecule has 0 aliphatic heterocycles. The number of hydrogen-bond donors (Lipinski definition) is 1. The Morgan fingerprint density at radius 3 is 2.24 bits per heavy atom. The third-order valence-corrected chi connectivity index (χ3v) is 7.02. The zero-order chi connectivity index (χ0) is 29.4. The highest BCUT2D eigenvalue weighted by atomic mass is 35.5. The highest BCUT2D eigenvalue weighted by molar-refractivity contribution is 6.35. The quantitative estimate of drug-likeness (QED) is 0.140. The van der Waals surface area contributed by atoms with Crippen molar-refractivity contribution in [3.05, 3.63) is 121 Å². The van der Waals surface area contributed by atoms with Crippen LogP contribution in [0.15, 0.2) is 84.4 Å². The predicted molar refractivity (Wildman–Crippen MR) is 163 cm³/mol. The Bertz CT molecular complexity index is 1630. The molecule has 6 nitrogen and oxygen atoms in total. The summed E-state index contributed by atoms with van der Waals surface area (Å²) in [6, 6.07) is 24.4. The van der Waals surface area contributed by atoms with Crippen molar-refractivity contribution in [1.82, 2.24) is 0 Å². The van der Waals surface area contributed by atoms with Crippen molar-refractivity contribution in [2.24, 2.45) is 0 Å². The molecule has 41 heavy (non-hydrogen) atoms. The highest BCUT2D eigenvalue weighted by Gasteiger charge is 2.15. The Morgan fingerprint density at radius 1 is 0.854 bits per heavy atom. The van der Waals surface area contributed by atoms with Gasteiger partial charge in [0.25, 0.3) is 5.91 Å². The van der Waals surface area contributed by atoms with Gasteiger partial charge in [-0.15, -0.1) is 0 Å². The Kier molecular flexibility index (Phi) is 10.4. The number of rotatable bonds is 10. The van der Waals surface area contributed by atoms with Gasteiger partial charge in [0.2, 0.25) is 0 Å². The number of hydrogen-bond acceptors (Lipinski definition) is 5. The molecule has 10 heteroatoms. The van der Waals surface area contributed by atoms with Gasteiger partial charge in [0, 0.05) is 31.9 Å². The minimum atomic E-state index is -0.593. The van der Waals surface area contributed by atoms with E-state index in [4.69, 9.17) is 60.6 Å². The van der Waals surface area contributed by atoms with E-state index in [1.54, 1.807) is 60.7 Å². The van der Waals surface area contributed by atoms with Crippen LogP contribution in [-0.4, -0.2) is 13.0 Å². The van der Waals surface area contributed by atoms with Gasteiger partial charge in [0.15, 0.2) is 11.5 Å². The van der Waals surface area contributed by atoms with E-state index in [1.165, 1.54) is 13.2 Å². The molecule has 0 fully saturated rings. The SMILES string of the molecule is COc1cc(/C=C(\C#N)C(=O)Nc2ccc(OCc3ccccc3Cl)cc2)cc(Cl)c1OCc1ccc(Cl)cc1Cl. The van der Waals surface area contributed by atoms with Crippen LogP contribution in [0.5, 0.6) is 17.2 Å². The van der Waals surface area contributed by atoms with Crippen molar-refractivity contribution in [3.8, 4) is 23.3 Å². The summed E-state index contributed by atoms with van der Waals surface area (Å²) in [7, 11) is 1.46. The number of methoxy groups -OCH3 is 1. The van der Waals surface area contributed by atoms with Crippen LogP contribution in [0, 0.1) is 11.3 Å². The van der Waals surface area contributed by atoms with Crippen LogP contribution in [0.2, 0.25) is 20.1 Å². The summed E-state index contributed by atoms with van der Waals surface area (Å²) in [5.74, 6) is 0.613. The van der Waals surface area contributed by atoms with Gasteiger partial charge in [0.05, 0.1) is 12.1 Å². The molecule has 0 aliphatic carbocycles. The number of nitrogens with zero attached hydrogens (tertiary/aromatic N) is 1. The average Bonchev–Trinajstić information content (AvgIpc) is 2.96. The Morgan fingerprint density at radius 2 is 1.56 bits per heavy atom. The molecule has 0 unspecified atom stereocenters. The number of nitriles is 1. The number of anilines is 1. The van der Waals surface area contributed by atoms with Gasteiger partial charge in [-0.2, -0.15) is 5.26 Å². The van der Waals surface area contributed by atoms with Crippen LogP contribution in [0.3, 0.4) is 0 Å². The summed E-state index contributed by atoms with van der Waals surface area (Å²) in [6.07, 6.45) is 1.41. The molecule has 4 aromatic rings. The van der Waals surface area contributed by atoms with Gasteiger partial charge in [-0.05, 0) is 66.2 Å². The largest absolute Gasteiger partial charge is 0.493 e. The molecule has 4 rings (SSSR count). The lowest BCUT2D eigenvalue weighted by molar-refractivity contribution is -0.112. The number of nitrogens with one attached hydrogen (secondary N) is 1. The minimum absolute atomic E-state index is 0.122. The summed E-state index contributed by atoms with van der Waals surface area (Å²) in [5, 5.41) is 14.2. The lowest BCUT2D eigenvalue weighted by atomic mass is 10.1. The smallest absolute Gasteiger partial charge is 0.266 e. The molecule has 1 amide bonds. The molecular weight excluding hydrogens is 606 g/mol. The average molecular weight is 628 g/mol. The standard InChI is InChI=1S/C31H22Cl4N2O4/c1-39-29-14-19(13-28(35)30(29)41-18-21-6-7-23(32)15-27(21)34)12-22(16-36)31(38)37-24-8-10-25(11-9-24)40-17-20-4-2-3-5-26(20)33/h2-15H,17-18H2,1H3,(H,37,38)/b22-12+. The Hall–Kier alpha value is -3.86. The maximum absolute atomic E-state index is 12.8. The monoisotopic (exact) mass is 626 g/mol. The van der Waals surface area contributed by atoms with Crippen LogP contribution >= 0.6 is 46.4 Å². The molecule has 1 N–H and O–H groups in total.